The van der Waals surface area contributed by atoms with Crippen molar-refractivity contribution < 1.29 is 0 Å². The highest BCUT2D eigenvalue weighted by molar-refractivity contribution is 5.75. The summed E-state index contributed by atoms with van der Waals surface area (Å²) >= 11 is 0. The Hall–Kier alpha value is -3.49. The van der Waals surface area contributed by atoms with Crippen molar-refractivity contribution in [1.82, 2.24) is 29.1 Å². The predicted octanol–water partition coefficient (Wildman–Crippen LogP) is 4.05. The van der Waals surface area contributed by atoms with Gasteiger partial charge in [-0.1, -0.05) is 25.7 Å². The van der Waals surface area contributed by atoms with Crippen LogP contribution in [-0.2, 0) is 0 Å². The van der Waals surface area contributed by atoms with Crippen LogP contribution < -0.4 is 16.2 Å². The lowest BCUT2D eigenvalue weighted by Gasteiger charge is -2.17. The summed E-state index contributed by atoms with van der Waals surface area (Å²) in [6.07, 6.45) is 12.6. The normalized spacial score (nSPS) is 17.5. The van der Waals surface area contributed by atoms with Crippen LogP contribution in [0.4, 0.5) is 17.3 Å². The van der Waals surface area contributed by atoms with Gasteiger partial charge in [0.05, 0.1) is 6.20 Å². The Morgan fingerprint density at radius 2 is 1.62 bits per heavy atom. The van der Waals surface area contributed by atoms with Crippen molar-refractivity contribution in [2.24, 2.45) is 0 Å². The van der Waals surface area contributed by atoms with Crippen molar-refractivity contribution in [2.75, 3.05) is 10.6 Å². The van der Waals surface area contributed by atoms with Crippen molar-refractivity contribution in [3.8, 4) is 0 Å². The molecule has 6 rings (SSSR count). The topological polar surface area (TPSA) is 102 Å². The van der Waals surface area contributed by atoms with Gasteiger partial charge in [0, 0.05) is 23.5 Å². The van der Waals surface area contributed by atoms with Gasteiger partial charge in [-0.05, 0) is 49.9 Å². The average molecular weight is 431 g/mol. The summed E-state index contributed by atoms with van der Waals surface area (Å²) in [4.78, 5) is 22.5. The van der Waals surface area contributed by atoms with E-state index in [0.29, 0.717) is 23.3 Å². The van der Waals surface area contributed by atoms with Crippen molar-refractivity contribution in [3.05, 3.63) is 47.1 Å². The molecule has 0 spiro atoms. The molecule has 1 aromatic carbocycles. The van der Waals surface area contributed by atoms with E-state index in [4.69, 9.17) is 4.98 Å². The van der Waals surface area contributed by atoms with Crippen LogP contribution in [0.2, 0.25) is 0 Å². The molecule has 9 nitrogen and oxygen atoms in total. The van der Waals surface area contributed by atoms with E-state index in [1.54, 1.807) is 21.5 Å². The van der Waals surface area contributed by atoms with Crippen molar-refractivity contribution >= 4 is 34.1 Å². The Kier molecular flexibility index (Phi) is 4.74. The van der Waals surface area contributed by atoms with Crippen LogP contribution in [0, 0.1) is 0 Å². The zero-order chi connectivity index (χ0) is 21.5. The van der Waals surface area contributed by atoms with Crippen LogP contribution >= 0.6 is 0 Å². The minimum atomic E-state index is -0.145. The monoisotopic (exact) mass is 430 g/mol. The molecule has 0 amide bonds. The summed E-state index contributed by atoms with van der Waals surface area (Å²) in [6.45, 7) is 0. The molecule has 2 saturated carbocycles. The highest BCUT2D eigenvalue weighted by Gasteiger charge is 2.24. The van der Waals surface area contributed by atoms with Gasteiger partial charge in [-0.25, -0.2) is 4.98 Å². The third kappa shape index (κ3) is 3.37. The predicted molar refractivity (Wildman–Crippen MR) is 123 cm³/mol. The number of aromatic nitrogens is 6. The molecule has 2 aliphatic rings. The van der Waals surface area contributed by atoms with E-state index in [1.165, 1.54) is 25.7 Å². The highest BCUT2D eigenvalue weighted by Crippen LogP contribution is 2.31. The second kappa shape index (κ2) is 7.89. The number of rotatable bonds is 5. The van der Waals surface area contributed by atoms with E-state index in [9.17, 15) is 4.79 Å². The number of hydrogen-bond acceptors (Lipinski definition) is 7. The Morgan fingerprint density at radius 1 is 0.906 bits per heavy atom. The van der Waals surface area contributed by atoms with Crippen LogP contribution in [0.1, 0.15) is 57.4 Å². The number of fused-ring (bicyclic) bond motifs is 3. The van der Waals surface area contributed by atoms with Gasteiger partial charge in [0.15, 0.2) is 5.65 Å². The molecule has 32 heavy (non-hydrogen) atoms. The van der Waals surface area contributed by atoms with Gasteiger partial charge in [-0.15, -0.1) is 10.2 Å². The second-order valence-electron chi connectivity index (χ2n) is 8.87. The number of nitrogens with one attached hydrogen (secondary N) is 2. The molecule has 3 aromatic heterocycles. The molecule has 2 fully saturated rings. The molecule has 0 atom stereocenters. The number of anilines is 3. The van der Waals surface area contributed by atoms with Crippen LogP contribution in [0.3, 0.4) is 0 Å². The van der Waals surface area contributed by atoms with Crippen LogP contribution in [0.5, 0.6) is 0 Å². The summed E-state index contributed by atoms with van der Waals surface area (Å²) in [5, 5.41) is 14.9. The third-order valence-corrected chi connectivity index (χ3v) is 6.75. The smallest absolute Gasteiger partial charge is 0.298 e. The quantitative estimate of drug-likeness (QED) is 0.492. The summed E-state index contributed by atoms with van der Waals surface area (Å²) in [5.41, 5.74) is 3.56. The SMILES string of the molecule is O=c1c2nncn2c2cnc(Nc3ccc(NC4CCCC4)cc3)nc2n1C1CCCC1. The van der Waals surface area contributed by atoms with Crippen molar-refractivity contribution in [3.63, 3.8) is 0 Å². The van der Waals surface area contributed by atoms with Crippen molar-refractivity contribution in [1.29, 1.82) is 0 Å². The first kappa shape index (κ1) is 19.2. The largest absolute Gasteiger partial charge is 0.382 e. The molecular formula is C23H26N8O. The number of nitrogens with zero attached hydrogens (tertiary/aromatic N) is 6. The average Bonchev–Trinajstić information content (AvgIpc) is 3.58. The minimum absolute atomic E-state index is 0.135. The first-order valence-corrected chi connectivity index (χ1v) is 11.5. The zero-order valence-electron chi connectivity index (χ0n) is 17.9. The van der Waals surface area contributed by atoms with E-state index in [2.05, 4.69) is 37.9 Å². The Morgan fingerprint density at radius 3 is 2.41 bits per heavy atom. The molecule has 9 heteroatoms. The van der Waals surface area contributed by atoms with E-state index >= 15 is 0 Å². The summed E-state index contributed by atoms with van der Waals surface area (Å²) in [5.74, 6) is 0.465. The van der Waals surface area contributed by atoms with Gasteiger partial charge < -0.3 is 10.6 Å². The molecule has 0 aliphatic heterocycles. The number of benzene rings is 1. The van der Waals surface area contributed by atoms with E-state index in [0.717, 1.165) is 42.6 Å². The fourth-order valence-electron chi connectivity index (χ4n) is 5.12. The van der Waals surface area contributed by atoms with Gasteiger partial charge in [0.1, 0.15) is 11.8 Å². The van der Waals surface area contributed by atoms with Gasteiger partial charge >= 0.3 is 0 Å². The fourth-order valence-corrected chi connectivity index (χ4v) is 5.12. The van der Waals surface area contributed by atoms with Gasteiger partial charge in [0.2, 0.25) is 11.6 Å². The fraction of sp³-hybridized carbons (Fsp3) is 0.435. The minimum Gasteiger partial charge on any atom is -0.382 e. The lowest BCUT2D eigenvalue weighted by atomic mass is 10.2. The van der Waals surface area contributed by atoms with Crippen LogP contribution in [-0.4, -0.2) is 35.2 Å². The highest BCUT2D eigenvalue weighted by atomic mass is 16.1. The molecular weight excluding hydrogens is 404 g/mol. The Labute approximate surface area is 184 Å². The second-order valence-corrected chi connectivity index (χ2v) is 8.87. The van der Waals surface area contributed by atoms with Gasteiger partial charge in [-0.2, -0.15) is 4.98 Å². The van der Waals surface area contributed by atoms with Gasteiger partial charge in [-0.3, -0.25) is 13.8 Å². The van der Waals surface area contributed by atoms with E-state index in [-0.39, 0.29) is 11.6 Å². The van der Waals surface area contributed by atoms with Gasteiger partial charge in [0.25, 0.3) is 5.56 Å². The lowest BCUT2D eigenvalue weighted by Crippen LogP contribution is -2.27. The first-order chi connectivity index (χ1) is 15.8. The molecule has 164 valence electrons. The first-order valence-electron chi connectivity index (χ1n) is 11.5. The zero-order valence-corrected chi connectivity index (χ0v) is 17.9. The molecule has 0 radical (unpaired) electrons. The maximum atomic E-state index is 13.2. The molecule has 0 saturated heterocycles. The molecule has 4 aromatic rings. The lowest BCUT2D eigenvalue weighted by molar-refractivity contribution is 0.515. The molecule has 0 unspecified atom stereocenters. The number of hydrogen-bond donors (Lipinski definition) is 2. The molecule has 2 N–H and O–H groups in total. The van der Waals surface area contributed by atoms with Crippen LogP contribution in [0.25, 0.3) is 16.8 Å². The Balaban J connectivity index is 1.34. The summed E-state index contributed by atoms with van der Waals surface area (Å²) in [7, 11) is 0. The molecule has 2 aliphatic carbocycles. The van der Waals surface area contributed by atoms with E-state index in [1.807, 2.05) is 12.1 Å². The third-order valence-electron chi connectivity index (χ3n) is 6.75. The molecule has 0 bridgehead atoms. The summed E-state index contributed by atoms with van der Waals surface area (Å²) in [6, 6.07) is 8.93. The van der Waals surface area contributed by atoms with Crippen molar-refractivity contribution in [2.45, 2.75) is 63.5 Å². The standard InChI is InChI=1S/C23H26N8O/c32-22-21-29-25-14-30(21)19-13-24-23(28-20(19)31(22)18-7-3-4-8-18)27-17-11-9-16(10-12-17)26-15-5-1-2-6-15/h9-15,18,26H,1-8H2,(H,24,27,28). The molecule has 3 heterocycles. The Bertz CT molecular complexity index is 1310. The maximum Gasteiger partial charge on any atom is 0.298 e. The summed E-state index contributed by atoms with van der Waals surface area (Å²) < 4.78 is 3.48. The maximum absolute atomic E-state index is 13.2. The van der Waals surface area contributed by atoms with Crippen LogP contribution in [0.15, 0.2) is 41.6 Å². The van der Waals surface area contributed by atoms with E-state index < -0.39 is 0 Å².